The topological polar surface area (TPSA) is 134 Å². The van der Waals surface area contributed by atoms with Gasteiger partial charge in [0.15, 0.2) is 0 Å². The monoisotopic (exact) mass is 584 g/mol. The maximum Gasteiger partial charge on any atom is 0.416 e. The van der Waals surface area contributed by atoms with Gasteiger partial charge in [-0.15, -0.1) is 0 Å². The van der Waals surface area contributed by atoms with Crippen molar-refractivity contribution in [2.75, 3.05) is 17.8 Å². The van der Waals surface area contributed by atoms with Gasteiger partial charge in [0.1, 0.15) is 40.2 Å². The second kappa shape index (κ2) is 9.39. The van der Waals surface area contributed by atoms with Gasteiger partial charge >= 0.3 is 12.1 Å². The third kappa shape index (κ3) is 4.46. The number of esters is 1. The molecule has 0 radical (unpaired) electrons. The average Bonchev–Trinajstić information content (AvgIpc) is 3.48. The number of nitrogens with one attached hydrogen (secondary N) is 1. The molecule has 0 saturated heterocycles. The minimum Gasteiger partial charge on any atom is -0.457 e. The van der Waals surface area contributed by atoms with Crippen LogP contribution in [0.4, 0.5) is 29.2 Å². The van der Waals surface area contributed by atoms with Crippen molar-refractivity contribution in [2.24, 2.45) is 5.41 Å². The average molecular weight is 585 g/mol. The van der Waals surface area contributed by atoms with Crippen LogP contribution in [0, 0.1) is 11.2 Å². The predicted octanol–water partition coefficient (Wildman–Crippen LogP) is 5.12. The van der Waals surface area contributed by atoms with E-state index < -0.39 is 58.4 Å². The fourth-order valence-electron chi connectivity index (χ4n) is 5.84. The number of nitrogens with zero attached hydrogens (tertiary/aromatic N) is 4. The van der Waals surface area contributed by atoms with E-state index in [4.69, 9.17) is 20.2 Å². The molecule has 10 nitrogen and oxygen atoms in total. The van der Waals surface area contributed by atoms with Crippen molar-refractivity contribution in [3.05, 3.63) is 65.6 Å². The van der Waals surface area contributed by atoms with Crippen molar-refractivity contribution in [1.29, 1.82) is 0 Å². The fraction of sp³-hybridized carbons (Fsp3) is 0.321. The fourth-order valence-corrected chi connectivity index (χ4v) is 5.84. The van der Waals surface area contributed by atoms with E-state index in [9.17, 15) is 22.8 Å². The summed E-state index contributed by atoms with van der Waals surface area (Å²) in [5.74, 6) is -2.39. The van der Waals surface area contributed by atoms with Crippen LogP contribution in [0.15, 0.2) is 42.9 Å². The Bertz CT molecular complexity index is 1770. The molecule has 2 aliphatic rings. The number of hydrogen-bond donors (Lipinski definition) is 2. The molecule has 4 heterocycles. The van der Waals surface area contributed by atoms with E-state index in [0.717, 1.165) is 24.4 Å². The number of imidazole rings is 1. The van der Waals surface area contributed by atoms with Gasteiger partial charge in [-0.1, -0.05) is 6.92 Å². The Kier molecular flexibility index (Phi) is 6.13. The number of benzene rings is 1. The Balaban J connectivity index is 1.48. The minimum absolute atomic E-state index is 0.0793. The molecule has 42 heavy (non-hydrogen) atoms. The number of cyclic esters (lactones) is 1. The minimum atomic E-state index is -4.67. The summed E-state index contributed by atoms with van der Waals surface area (Å²) in [4.78, 5) is 38.9. The lowest BCUT2D eigenvalue weighted by Crippen LogP contribution is -2.31. The van der Waals surface area contributed by atoms with Gasteiger partial charge in [0.25, 0.3) is 5.91 Å². The van der Waals surface area contributed by atoms with E-state index in [1.165, 1.54) is 6.20 Å². The summed E-state index contributed by atoms with van der Waals surface area (Å²) in [7, 11) is 0. The molecule has 1 aliphatic carbocycles. The summed E-state index contributed by atoms with van der Waals surface area (Å²) in [6.07, 6.45) is 0.966. The quantitative estimate of drug-likeness (QED) is 0.245. The molecule has 1 amide bonds. The van der Waals surface area contributed by atoms with Gasteiger partial charge in [-0.05, 0) is 50.5 Å². The Morgan fingerprint density at radius 1 is 1.10 bits per heavy atom. The Morgan fingerprint density at radius 2 is 1.86 bits per heavy atom. The molecule has 1 aliphatic heterocycles. The summed E-state index contributed by atoms with van der Waals surface area (Å²) < 4.78 is 67.9. The maximum atomic E-state index is 15.6. The van der Waals surface area contributed by atoms with Crippen molar-refractivity contribution >= 4 is 29.0 Å². The largest absolute Gasteiger partial charge is 0.457 e. The number of rotatable bonds is 2. The third-order valence-electron chi connectivity index (χ3n) is 7.93. The van der Waals surface area contributed by atoms with Crippen LogP contribution in [-0.2, 0) is 21.1 Å². The maximum absolute atomic E-state index is 15.6. The number of nitrogens with two attached hydrogens (primary N) is 1. The number of carbonyl (C=O) groups excluding carboxylic acids is 2. The molecule has 4 aromatic rings. The van der Waals surface area contributed by atoms with Gasteiger partial charge in [0.05, 0.1) is 16.5 Å². The van der Waals surface area contributed by atoms with Crippen LogP contribution in [-0.4, -0.2) is 38.0 Å². The zero-order valence-corrected chi connectivity index (χ0v) is 22.4. The molecule has 0 spiro atoms. The normalized spacial score (nSPS) is 22.0. The van der Waals surface area contributed by atoms with Crippen LogP contribution in [0.5, 0.6) is 5.75 Å². The lowest BCUT2D eigenvalue weighted by Gasteiger charge is -2.27. The summed E-state index contributed by atoms with van der Waals surface area (Å²) in [5, 5.41) is 2.18. The first-order valence-electron chi connectivity index (χ1n) is 12.9. The summed E-state index contributed by atoms with van der Waals surface area (Å²) >= 11 is 0. The number of aromatic nitrogens is 4. The molecule has 3 aromatic heterocycles. The second-order valence-corrected chi connectivity index (χ2v) is 11.0. The summed E-state index contributed by atoms with van der Waals surface area (Å²) in [6, 6.07) is 3.44. The number of ether oxygens (including phenoxy) is 2. The van der Waals surface area contributed by atoms with E-state index in [0.29, 0.717) is 36.7 Å². The van der Waals surface area contributed by atoms with Crippen LogP contribution < -0.4 is 15.8 Å². The molecule has 3 N–H and O–H groups in total. The van der Waals surface area contributed by atoms with E-state index in [1.54, 1.807) is 10.6 Å². The lowest BCUT2D eigenvalue weighted by molar-refractivity contribution is -0.161. The standard InChI is InChI=1S/C28H24F4N6O4/c1-26-4-5-27(2,12-26)25(40)42-13-41-18-11-15(23(39)36-19-9-14(3-6-34-19)28(30,31)32)17(29)10-16(18)20-21-22(33)35-7-8-38(21)24(26)37-20/h3,6-11H,4-5,12-13H2,1-2H3,(H2,33,35)(H,34,36,39)/t26-,27-/m0/s1. The lowest BCUT2D eigenvalue weighted by atomic mass is 9.81. The Morgan fingerprint density at radius 3 is 2.62 bits per heavy atom. The number of alkyl halides is 3. The Hall–Kier alpha value is -4.75. The SMILES string of the molecule is C[C@]12CC[C@@](C)(C1)c1nc(c3c(N)nccn13)-c1cc(F)c(C(=O)Nc3cc(C(F)(F)F)ccn3)cc1OCOC2=O. The van der Waals surface area contributed by atoms with Crippen molar-refractivity contribution < 1.29 is 36.6 Å². The zero-order valence-electron chi connectivity index (χ0n) is 22.4. The molecule has 4 bridgehead atoms. The number of pyridine rings is 1. The molecular formula is C28H24F4N6O4. The first-order chi connectivity index (χ1) is 19.8. The van der Waals surface area contributed by atoms with Crippen LogP contribution >= 0.6 is 0 Å². The predicted molar refractivity (Wildman–Crippen MR) is 141 cm³/mol. The van der Waals surface area contributed by atoms with Crippen molar-refractivity contribution in [3.63, 3.8) is 0 Å². The third-order valence-corrected chi connectivity index (χ3v) is 7.93. The van der Waals surface area contributed by atoms with Gasteiger partial charge in [-0.25, -0.2) is 19.3 Å². The molecule has 6 rings (SSSR count). The van der Waals surface area contributed by atoms with Crippen molar-refractivity contribution in [3.8, 4) is 17.0 Å². The smallest absolute Gasteiger partial charge is 0.416 e. The van der Waals surface area contributed by atoms with Crippen LogP contribution in [0.3, 0.4) is 0 Å². The summed E-state index contributed by atoms with van der Waals surface area (Å²) in [6.45, 7) is 3.25. The molecule has 218 valence electrons. The number of anilines is 2. The number of nitrogen functional groups attached to an aromatic ring is 1. The van der Waals surface area contributed by atoms with E-state index in [-0.39, 0.29) is 22.8 Å². The highest BCUT2D eigenvalue weighted by Gasteiger charge is 2.51. The zero-order chi connectivity index (χ0) is 30.0. The second-order valence-electron chi connectivity index (χ2n) is 11.0. The number of fused-ring (bicyclic) bond motifs is 10. The van der Waals surface area contributed by atoms with E-state index in [1.807, 2.05) is 13.8 Å². The highest BCUT2D eigenvalue weighted by Crippen LogP contribution is 2.52. The first kappa shape index (κ1) is 27.4. The molecular weight excluding hydrogens is 560 g/mol. The van der Waals surface area contributed by atoms with Gasteiger partial charge in [0.2, 0.25) is 6.79 Å². The van der Waals surface area contributed by atoms with Crippen LogP contribution in [0.2, 0.25) is 0 Å². The number of carbonyl (C=O) groups is 2. The first-order valence-corrected chi connectivity index (χ1v) is 12.9. The van der Waals surface area contributed by atoms with Gasteiger partial charge in [0, 0.05) is 29.6 Å². The van der Waals surface area contributed by atoms with Gasteiger partial charge in [-0.3, -0.25) is 14.0 Å². The highest BCUT2D eigenvalue weighted by molar-refractivity contribution is 6.05. The number of amides is 1. The van der Waals surface area contributed by atoms with Gasteiger partial charge < -0.3 is 20.5 Å². The molecule has 1 saturated carbocycles. The number of halogens is 4. The molecule has 2 atom stereocenters. The molecule has 14 heteroatoms. The van der Waals surface area contributed by atoms with Crippen LogP contribution in [0.25, 0.3) is 16.8 Å². The van der Waals surface area contributed by atoms with E-state index >= 15 is 4.39 Å². The molecule has 0 unspecified atom stereocenters. The van der Waals surface area contributed by atoms with E-state index in [2.05, 4.69) is 15.3 Å². The Labute approximate surface area is 235 Å². The molecule has 1 aromatic carbocycles. The number of hydrogen-bond acceptors (Lipinski definition) is 8. The van der Waals surface area contributed by atoms with Crippen molar-refractivity contribution in [2.45, 2.75) is 44.7 Å². The molecule has 1 fully saturated rings. The highest BCUT2D eigenvalue weighted by atomic mass is 19.4. The van der Waals surface area contributed by atoms with Gasteiger partial charge in [-0.2, -0.15) is 13.2 Å². The van der Waals surface area contributed by atoms with Crippen LogP contribution in [0.1, 0.15) is 54.9 Å². The van der Waals surface area contributed by atoms with Crippen molar-refractivity contribution in [1.82, 2.24) is 19.4 Å². The summed E-state index contributed by atoms with van der Waals surface area (Å²) in [5.41, 5.74) is 4.00.